The van der Waals surface area contributed by atoms with Crippen molar-refractivity contribution in [1.82, 2.24) is 0 Å². The lowest BCUT2D eigenvalue weighted by molar-refractivity contribution is -0.165. The summed E-state index contributed by atoms with van der Waals surface area (Å²) >= 11 is 0. The van der Waals surface area contributed by atoms with Gasteiger partial charge in [-0.2, -0.15) is 0 Å². The molecule has 0 aromatic rings. The van der Waals surface area contributed by atoms with Crippen LogP contribution in [0.15, 0.2) is 12.2 Å². The molecule has 1 aliphatic heterocycles. The summed E-state index contributed by atoms with van der Waals surface area (Å²) in [6, 6.07) is 0. The van der Waals surface area contributed by atoms with Gasteiger partial charge in [0.15, 0.2) is 6.10 Å². The molecule has 1 fully saturated rings. The number of aliphatic hydroxyl groups is 3. The topological polar surface area (TPSA) is 105 Å². The number of allylic oxidation sites excluding steroid dienone is 2. The molecule has 0 amide bonds. The Morgan fingerprint density at radius 2 is 1.58 bits per heavy atom. The molecule has 0 spiro atoms. The van der Waals surface area contributed by atoms with Crippen LogP contribution in [0, 0.1) is 0 Å². The lowest BCUT2D eigenvalue weighted by Crippen LogP contribution is -2.44. The van der Waals surface area contributed by atoms with E-state index < -0.39 is 31.0 Å². The Hall–Kier alpha value is -0.990. The van der Waals surface area contributed by atoms with E-state index in [2.05, 4.69) is 19.1 Å². The molecule has 0 aliphatic carbocycles. The second kappa shape index (κ2) is 20.4. The first-order chi connectivity index (χ1) is 16.1. The monoisotopic (exact) mass is 472 g/mol. The lowest BCUT2D eigenvalue weighted by Gasteiger charge is -2.27. The van der Waals surface area contributed by atoms with E-state index in [1.54, 1.807) is 0 Å². The van der Waals surface area contributed by atoms with Crippen LogP contribution in [0.2, 0.25) is 0 Å². The molecule has 1 heterocycles. The summed E-state index contributed by atoms with van der Waals surface area (Å²) in [4.78, 5) is 12.2. The van der Waals surface area contributed by atoms with E-state index in [-0.39, 0.29) is 25.8 Å². The first kappa shape index (κ1) is 30.0. The quantitative estimate of drug-likeness (QED) is 0.131. The minimum absolute atomic E-state index is 0.0442. The number of carbonyl (C=O) groups excluding carboxylic acids is 1. The van der Waals surface area contributed by atoms with Gasteiger partial charge in [-0.1, -0.05) is 70.4 Å². The summed E-state index contributed by atoms with van der Waals surface area (Å²) in [5, 5.41) is 28.5. The molecule has 194 valence electrons. The van der Waals surface area contributed by atoms with Gasteiger partial charge in [0.1, 0.15) is 18.3 Å². The standard InChI is InChI=1S/C26H48O7/c1-2-3-4-5-6-7-8-9-10-11-12-13-14-15-16-17-24(30)33-23(20-28)26-25(31-19-18-27)22(29)21-32-26/h9-10,22-23,25-29H,2-8,11-21H2,1H3/b10-9-/t22-,23+,25+,26+/m0/s1. The molecule has 4 atom stereocenters. The molecule has 0 aromatic carbocycles. The van der Waals surface area contributed by atoms with Gasteiger partial charge in [0, 0.05) is 6.42 Å². The second-order valence-electron chi connectivity index (χ2n) is 8.97. The van der Waals surface area contributed by atoms with Gasteiger partial charge in [-0.05, 0) is 32.1 Å². The Bertz CT molecular complexity index is 497. The van der Waals surface area contributed by atoms with E-state index in [0.29, 0.717) is 6.42 Å². The highest BCUT2D eigenvalue weighted by molar-refractivity contribution is 5.69. The maximum Gasteiger partial charge on any atom is 0.306 e. The molecule has 33 heavy (non-hydrogen) atoms. The fraction of sp³-hybridized carbons (Fsp3) is 0.885. The number of rotatable bonds is 21. The van der Waals surface area contributed by atoms with Crippen molar-refractivity contribution in [2.75, 3.05) is 26.4 Å². The predicted molar refractivity (Wildman–Crippen MR) is 129 cm³/mol. The summed E-state index contributed by atoms with van der Waals surface area (Å²) in [6.07, 6.45) is 17.2. The van der Waals surface area contributed by atoms with Gasteiger partial charge in [-0.3, -0.25) is 4.79 Å². The maximum atomic E-state index is 12.2. The SMILES string of the molecule is CCCCCCCC/C=C\CCCCCCCC(=O)O[C@H](CO)[C@H]1OC[C@H](O)[C@H]1OCCO. The van der Waals surface area contributed by atoms with Crippen LogP contribution in [-0.2, 0) is 19.0 Å². The van der Waals surface area contributed by atoms with Crippen LogP contribution in [0.4, 0.5) is 0 Å². The highest BCUT2D eigenvalue weighted by atomic mass is 16.6. The minimum Gasteiger partial charge on any atom is -0.457 e. The molecule has 1 aliphatic rings. The molecule has 0 unspecified atom stereocenters. The molecule has 0 saturated carbocycles. The van der Waals surface area contributed by atoms with E-state index >= 15 is 0 Å². The molecule has 0 aromatic heterocycles. The minimum atomic E-state index is -0.888. The number of carbonyl (C=O) groups is 1. The number of esters is 1. The van der Waals surface area contributed by atoms with Crippen LogP contribution in [0.5, 0.6) is 0 Å². The van der Waals surface area contributed by atoms with Crippen molar-refractivity contribution in [2.24, 2.45) is 0 Å². The third kappa shape index (κ3) is 14.1. The van der Waals surface area contributed by atoms with Gasteiger partial charge in [-0.15, -0.1) is 0 Å². The molecule has 7 heteroatoms. The van der Waals surface area contributed by atoms with Crippen molar-refractivity contribution in [3.63, 3.8) is 0 Å². The van der Waals surface area contributed by atoms with E-state index in [1.165, 1.54) is 51.4 Å². The molecular formula is C26H48O7. The zero-order chi connectivity index (χ0) is 24.2. The van der Waals surface area contributed by atoms with E-state index in [4.69, 9.17) is 19.3 Å². The maximum absolute atomic E-state index is 12.2. The van der Waals surface area contributed by atoms with Crippen LogP contribution in [0.3, 0.4) is 0 Å². The largest absolute Gasteiger partial charge is 0.457 e. The summed E-state index contributed by atoms with van der Waals surface area (Å²) in [7, 11) is 0. The Morgan fingerprint density at radius 3 is 2.18 bits per heavy atom. The lowest BCUT2D eigenvalue weighted by atomic mass is 10.1. The highest BCUT2D eigenvalue weighted by Crippen LogP contribution is 2.23. The molecule has 0 radical (unpaired) electrons. The fourth-order valence-electron chi connectivity index (χ4n) is 4.11. The van der Waals surface area contributed by atoms with Gasteiger partial charge in [0.05, 0.1) is 26.4 Å². The van der Waals surface area contributed by atoms with Crippen LogP contribution >= 0.6 is 0 Å². The molecule has 1 saturated heterocycles. The Labute approximate surface area is 200 Å². The molecular weight excluding hydrogens is 424 g/mol. The highest BCUT2D eigenvalue weighted by Gasteiger charge is 2.43. The number of aliphatic hydroxyl groups excluding tert-OH is 3. The third-order valence-electron chi connectivity index (χ3n) is 6.04. The molecule has 1 rings (SSSR count). The van der Waals surface area contributed by atoms with Crippen LogP contribution in [0.25, 0.3) is 0 Å². The summed E-state index contributed by atoms with van der Waals surface area (Å²) in [5.74, 6) is -0.377. The summed E-state index contributed by atoms with van der Waals surface area (Å²) in [5.41, 5.74) is 0. The number of ether oxygens (including phenoxy) is 3. The van der Waals surface area contributed by atoms with Gasteiger partial charge in [0.25, 0.3) is 0 Å². The first-order valence-corrected chi connectivity index (χ1v) is 13.1. The average Bonchev–Trinajstić information content (AvgIpc) is 3.18. The molecule has 0 bridgehead atoms. The molecule has 3 N–H and O–H groups in total. The smallest absolute Gasteiger partial charge is 0.306 e. The van der Waals surface area contributed by atoms with E-state index in [0.717, 1.165) is 32.1 Å². The normalized spacial score (nSPS) is 21.6. The predicted octanol–water partition coefficient (Wildman–Crippen LogP) is 4.07. The van der Waals surface area contributed by atoms with Gasteiger partial charge < -0.3 is 29.5 Å². The van der Waals surface area contributed by atoms with Crippen molar-refractivity contribution in [3.8, 4) is 0 Å². The van der Waals surface area contributed by atoms with Crippen molar-refractivity contribution in [1.29, 1.82) is 0 Å². The summed E-state index contributed by atoms with van der Waals surface area (Å²) < 4.78 is 16.2. The van der Waals surface area contributed by atoms with Gasteiger partial charge >= 0.3 is 5.97 Å². The van der Waals surface area contributed by atoms with Crippen LogP contribution in [-0.4, -0.2) is 72.1 Å². The van der Waals surface area contributed by atoms with Gasteiger partial charge in [-0.25, -0.2) is 0 Å². The van der Waals surface area contributed by atoms with Crippen molar-refractivity contribution >= 4 is 5.97 Å². The van der Waals surface area contributed by atoms with E-state index in [1.807, 2.05) is 0 Å². The Morgan fingerprint density at radius 1 is 0.970 bits per heavy atom. The Kier molecular flexibility index (Phi) is 18.6. The third-order valence-corrected chi connectivity index (χ3v) is 6.04. The number of hydrogen-bond acceptors (Lipinski definition) is 7. The number of unbranched alkanes of at least 4 members (excludes halogenated alkanes) is 11. The summed E-state index contributed by atoms with van der Waals surface area (Å²) in [6.45, 7) is 1.74. The van der Waals surface area contributed by atoms with Crippen molar-refractivity contribution in [3.05, 3.63) is 12.2 Å². The van der Waals surface area contributed by atoms with Gasteiger partial charge in [0.2, 0.25) is 0 Å². The zero-order valence-electron chi connectivity index (χ0n) is 20.7. The fourth-order valence-corrected chi connectivity index (χ4v) is 4.11. The van der Waals surface area contributed by atoms with E-state index in [9.17, 15) is 15.0 Å². The number of hydrogen-bond donors (Lipinski definition) is 3. The second-order valence-corrected chi connectivity index (χ2v) is 8.97. The van der Waals surface area contributed by atoms with Crippen LogP contribution in [0.1, 0.15) is 96.8 Å². The van der Waals surface area contributed by atoms with Crippen molar-refractivity contribution < 1.29 is 34.3 Å². The average molecular weight is 473 g/mol. The molecule has 7 nitrogen and oxygen atoms in total. The first-order valence-electron chi connectivity index (χ1n) is 13.1. The van der Waals surface area contributed by atoms with Crippen molar-refractivity contribution in [2.45, 2.75) is 121 Å². The zero-order valence-corrected chi connectivity index (χ0v) is 20.7. The Balaban J connectivity index is 2.05. The van der Waals surface area contributed by atoms with Crippen LogP contribution < -0.4 is 0 Å².